The highest BCUT2D eigenvalue weighted by Crippen LogP contribution is 2.44. The highest BCUT2D eigenvalue weighted by molar-refractivity contribution is 9.12. The van der Waals surface area contributed by atoms with Crippen LogP contribution < -0.4 is 0 Å². The van der Waals surface area contributed by atoms with Gasteiger partial charge in [-0.2, -0.15) is 0 Å². The Hall–Kier alpha value is -0.570. The van der Waals surface area contributed by atoms with Crippen molar-refractivity contribution in [1.82, 2.24) is 4.90 Å². The van der Waals surface area contributed by atoms with E-state index in [1.54, 1.807) is 12.2 Å². The van der Waals surface area contributed by atoms with Crippen molar-refractivity contribution in [2.24, 2.45) is 5.41 Å². The number of thioether (sulfide) groups is 1. The number of rotatable bonds is 4. The van der Waals surface area contributed by atoms with E-state index < -0.39 is 4.51 Å². The van der Waals surface area contributed by atoms with Gasteiger partial charge in [0.05, 0.1) is 9.39 Å². The number of alkyl halides is 1. The van der Waals surface area contributed by atoms with E-state index in [1.807, 2.05) is 0 Å². The van der Waals surface area contributed by atoms with Crippen molar-refractivity contribution in [3.63, 3.8) is 0 Å². The number of halogens is 2. The largest absolute Gasteiger partial charge is 0.507 e. The zero-order valence-corrected chi connectivity index (χ0v) is 19.4. The van der Waals surface area contributed by atoms with Crippen LogP contribution in [0.4, 0.5) is 4.79 Å². The van der Waals surface area contributed by atoms with Gasteiger partial charge in [-0.1, -0.05) is 26.2 Å². The van der Waals surface area contributed by atoms with Crippen LogP contribution in [0.25, 0.3) is 0 Å². The zero-order chi connectivity index (χ0) is 19.8. The minimum Gasteiger partial charge on any atom is -0.507 e. The van der Waals surface area contributed by atoms with Crippen molar-refractivity contribution in [2.45, 2.75) is 50.0 Å². The molecule has 0 aromatic carbocycles. The Kier molecular flexibility index (Phi) is 6.30. The molecule has 8 heteroatoms. The van der Waals surface area contributed by atoms with E-state index in [-0.39, 0.29) is 22.3 Å². The summed E-state index contributed by atoms with van der Waals surface area (Å²) in [7, 11) is 1.49. The number of allylic oxidation sites excluding steroid dienone is 3. The predicted octanol–water partition coefficient (Wildman–Crippen LogP) is 5.77. The highest BCUT2D eigenvalue weighted by Gasteiger charge is 2.41. The maximum Gasteiger partial charge on any atom is 0.293 e. The third kappa shape index (κ3) is 4.38. The second-order valence-corrected chi connectivity index (χ2v) is 10.8. The van der Waals surface area contributed by atoms with E-state index >= 15 is 0 Å². The van der Waals surface area contributed by atoms with Crippen LogP contribution in [-0.2, 0) is 9.53 Å². The molecule has 1 N–H and O–H groups in total. The van der Waals surface area contributed by atoms with Crippen LogP contribution in [0.1, 0.15) is 45.4 Å². The smallest absolute Gasteiger partial charge is 0.293 e. The molecule has 148 valence electrons. The maximum absolute atomic E-state index is 12.9. The Morgan fingerprint density at radius 2 is 2.00 bits per heavy atom. The van der Waals surface area contributed by atoms with E-state index in [9.17, 15) is 14.7 Å². The molecule has 2 fully saturated rings. The van der Waals surface area contributed by atoms with Crippen molar-refractivity contribution in [2.75, 3.05) is 13.7 Å². The number of ether oxygens (including phenoxy) is 1. The van der Waals surface area contributed by atoms with Gasteiger partial charge in [-0.05, 0) is 79.6 Å². The van der Waals surface area contributed by atoms with Crippen LogP contribution in [0, 0.1) is 5.41 Å². The van der Waals surface area contributed by atoms with Gasteiger partial charge in [-0.15, -0.1) is 0 Å². The maximum atomic E-state index is 12.9. The van der Waals surface area contributed by atoms with Gasteiger partial charge in [0.25, 0.3) is 11.1 Å². The Morgan fingerprint density at radius 3 is 2.63 bits per heavy atom. The Labute approximate surface area is 180 Å². The number of methoxy groups -OCH3 is 1. The van der Waals surface area contributed by atoms with Crippen molar-refractivity contribution in [3.8, 4) is 0 Å². The number of aliphatic hydroxyl groups is 1. The second-order valence-electron chi connectivity index (χ2n) is 7.66. The zero-order valence-electron chi connectivity index (χ0n) is 15.4. The first kappa shape index (κ1) is 21.1. The summed E-state index contributed by atoms with van der Waals surface area (Å²) in [6, 6.07) is 0. The first-order valence-corrected chi connectivity index (χ1v) is 11.4. The lowest BCUT2D eigenvalue weighted by atomic mass is 9.75. The van der Waals surface area contributed by atoms with Crippen molar-refractivity contribution in [3.05, 3.63) is 32.9 Å². The van der Waals surface area contributed by atoms with E-state index in [0.717, 1.165) is 43.0 Å². The molecule has 0 spiro atoms. The fourth-order valence-corrected chi connectivity index (χ4v) is 6.09. The lowest BCUT2D eigenvalue weighted by molar-refractivity contribution is -0.124. The SMILES string of the molecule is COC1(Br)CC(C=C2SC(=O)N(CC3(C)CCCCC3)C2=O)=CC(Br)=C1O. The van der Waals surface area contributed by atoms with Gasteiger partial charge in [0, 0.05) is 20.1 Å². The van der Waals surface area contributed by atoms with Crippen LogP contribution in [0.15, 0.2) is 32.9 Å². The van der Waals surface area contributed by atoms with Crippen LogP contribution >= 0.6 is 43.6 Å². The normalized spacial score (nSPS) is 30.3. The van der Waals surface area contributed by atoms with Crippen LogP contribution in [-0.4, -0.2) is 39.3 Å². The molecule has 0 aromatic heterocycles. The summed E-state index contributed by atoms with van der Waals surface area (Å²) in [5.74, 6) is -0.189. The van der Waals surface area contributed by atoms with E-state index in [1.165, 1.54) is 18.4 Å². The van der Waals surface area contributed by atoms with Gasteiger partial charge >= 0.3 is 0 Å². The molecule has 1 atom stereocenters. The molecule has 1 unspecified atom stereocenters. The molecule has 2 aliphatic carbocycles. The topological polar surface area (TPSA) is 66.8 Å². The standard InChI is InChI=1S/C19H23Br2NO4S/c1-18(6-4-3-5-7-18)11-22-16(24)14(27-17(22)25)9-12-8-13(20)15(23)19(21,10-12)26-2/h8-9,23H,3-7,10-11H2,1-2H3. The summed E-state index contributed by atoms with van der Waals surface area (Å²) in [6.45, 7) is 2.66. The molecule has 1 saturated carbocycles. The second kappa shape index (κ2) is 8.05. The van der Waals surface area contributed by atoms with Gasteiger partial charge in [0.1, 0.15) is 5.76 Å². The molecule has 1 saturated heterocycles. The van der Waals surface area contributed by atoms with Gasteiger partial charge < -0.3 is 9.84 Å². The van der Waals surface area contributed by atoms with Crippen LogP contribution in [0.2, 0.25) is 0 Å². The monoisotopic (exact) mass is 519 g/mol. The van der Waals surface area contributed by atoms with Crippen molar-refractivity contribution < 1.29 is 19.4 Å². The summed E-state index contributed by atoms with van der Waals surface area (Å²) in [4.78, 5) is 27.1. The molecular formula is C19H23Br2NO4S. The Balaban J connectivity index is 1.79. The van der Waals surface area contributed by atoms with Crippen molar-refractivity contribution >= 4 is 54.8 Å². The average molecular weight is 521 g/mol. The Morgan fingerprint density at radius 1 is 1.33 bits per heavy atom. The molecule has 2 amide bonds. The van der Waals surface area contributed by atoms with E-state index in [0.29, 0.717) is 22.4 Å². The average Bonchev–Trinajstić information content (AvgIpc) is 2.87. The molecule has 1 heterocycles. The molecule has 27 heavy (non-hydrogen) atoms. The first-order valence-electron chi connectivity index (χ1n) is 8.97. The molecule has 0 bridgehead atoms. The van der Waals surface area contributed by atoms with Crippen molar-refractivity contribution in [1.29, 1.82) is 0 Å². The van der Waals surface area contributed by atoms with Crippen LogP contribution in [0.5, 0.6) is 0 Å². The van der Waals surface area contributed by atoms with Crippen LogP contribution in [0.3, 0.4) is 0 Å². The molecule has 1 aliphatic heterocycles. The number of nitrogens with zero attached hydrogens (tertiary/aromatic N) is 1. The van der Waals surface area contributed by atoms with Gasteiger partial charge in [-0.3, -0.25) is 14.5 Å². The lowest BCUT2D eigenvalue weighted by Crippen LogP contribution is -2.39. The number of carbonyl (C=O) groups excluding carboxylic acids is 2. The number of amides is 2. The molecule has 0 radical (unpaired) electrons. The van der Waals surface area contributed by atoms with Gasteiger partial charge in [0.15, 0.2) is 4.51 Å². The minimum absolute atomic E-state index is 0.0162. The minimum atomic E-state index is -1.04. The fraction of sp³-hybridized carbons (Fsp3) is 0.579. The number of imide groups is 1. The molecule has 0 aromatic rings. The molecule has 5 nitrogen and oxygen atoms in total. The Bertz CT molecular complexity index is 755. The third-order valence-electron chi connectivity index (χ3n) is 5.44. The lowest BCUT2D eigenvalue weighted by Gasteiger charge is -2.35. The predicted molar refractivity (Wildman–Crippen MR) is 114 cm³/mol. The quantitative estimate of drug-likeness (QED) is 0.376. The number of aliphatic hydroxyl groups excluding tert-OH is 1. The fourth-order valence-electron chi connectivity index (χ4n) is 3.82. The highest BCUT2D eigenvalue weighted by atomic mass is 79.9. The van der Waals surface area contributed by atoms with E-state index in [2.05, 4.69) is 38.8 Å². The summed E-state index contributed by atoms with van der Waals surface area (Å²) in [6.07, 6.45) is 9.45. The van der Waals surface area contributed by atoms with Gasteiger partial charge in [-0.25, -0.2) is 0 Å². The molecular weight excluding hydrogens is 498 g/mol. The number of carbonyl (C=O) groups is 2. The number of hydrogen-bond donors (Lipinski definition) is 1. The summed E-state index contributed by atoms with van der Waals surface area (Å²) in [5, 5.41) is 9.98. The molecule has 3 aliphatic rings. The molecule has 3 rings (SSSR count). The van der Waals surface area contributed by atoms with Gasteiger partial charge in [0.2, 0.25) is 0 Å². The summed E-state index contributed by atoms with van der Waals surface area (Å²) >= 11 is 7.70. The first-order chi connectivity index (χ1) is 12.7. The summed E-state index contributed by atoms with van der Waals surface area (Å²) in [5.41, 5.74) is 0.801. The third-order valence-corrected chi connectivity index (χ3v) is 7.93. The summed E-state index contributed by atoms with van der Waals surface area (Å²) < 4.78 is 4.81. The van der Waals surface area contributed by atoms with E-state index in [4.69, 9.17) is 4.74 Å². The number of hydrogen-bond acceptors (Lipinski definition) is 5.